The zero-order valence-electron chi connectivity index (χ0n) is 8.66. The SMILES string of the molecule is CCN(CC)C(CN)c1sccc1Br. The molecule has 0 aliphatic heterocycles. The lowest BCUT2D eigenvalue weighted by Gasteiger charge is -2.28. The van der Waals surface area contributed by atoms with Crippen LogP contribution in [0.3, 0.4) is 0 Å². The Labute approximate surface area is 98.2 Å². The smallest absolute Gasteiger partial charge is 0.0575 e. The van der Waals surface area contributed by atoms with E-state index in [4.69, 9.17) is 5.73 Å². The Bertz CT molecular complexity index is 271. The molecule has 0 saturated carbocycles. The molecule has 0 aliphatic carbocycles. The van der Waals surface area contributed by atoms with Crippen LogP contribution in [0.15, 0.2) is 15.9 Å². The van der Waals surface area contributed by atoms with Gasteiger partial charge in [0, 0.05) is 15.9 Å². The predicted molar refractivity (Wildman–Crippen MR) is 66.7 cm³/mol. The number of thiophene rings is 1. The summed E-state index contributed by atoms with van der Waals surface area (Å²) in [6.45, 7) is 7.12. The van der Waals surface area contributed by atoms with Crippen molar-refractivity contribution in [3.63, 3.8) is 0 Å². The van der Waals surface area contributed by atoms with E-state index in [0.29, 0.717) is 12.6 Å². The molecule has 2 N–H and O–H groups in total. The first-order chi connectivity index (χ1) is 6.74. The quantitative estimate of drug-likeness (QED) is 0.896. The highest BCUT2D eigenvalue weighted by atomic mass is 79.9. The molecule has 0 spiro atoms. The molecule has 1 atom stereocenters. The molecular formula is C10H17BrN2S. The van der Waals surface area contributed by atoms with Gasteiger partial charge in [-0.2, -0.15) is 0 Å². The lowest BCUT2D eigenvalue weighted by atomic mass is 10.2. The summed E-state index contributed by atoms with van der Waals surface area (Å²) < 4.78 is 1.19. The van der Waals surface area contributed by atoms with E-state index >= 15 is 0 Å². The van der Waals surface area contributed by atoms with Crippen LogP contribution in [-0.4, -0.2) is 24.5 Å². The molecule has 0 bridgehead atoms. The highest BCUT2D eigenvalue weighted by Crippen LogP contribution is 2.31. The Morgan fingerprint density at radius 3 is 2.50 bits per heavy atom. The average Bonchev–Trinajstić information content (AvgIpc) is 2.61. The molecule has 0 fully saturated rings. The van der Waals surface area contributed by atoms with Gasteiger partial charge in [0.15, 0.2) is 0 Å². The van der Waals surface area contributed by atoms with Gasteiger partial charge in [-0.05, 0) is 40.5 Å². The van der Waals surface area contributed by atoms with E-state index in [9.17, 15) is 0 Å². The molecule has 1 rings (SSSR count). The van der Waals surface area contributed by atoms with Crippen LogP contribution < -0.4 is 5.73 Å². The van der Waals surface area contributed by atoms with E-state index in [2.05, 4.69) is 46.1 Å². The monoisotopic (exact) mass is 276 g/mol. The molecule has 0 aromatic carbocycles. The van der Waals surface area contributed by atoms with Gasteiger partial charge >= 0.3 is 0 Å². The Balaban J connectivity index is 2.86. The minimum Gasteiger partial charge on any atom is -0.329 e. The van der Waals surface area contributed by atoms with Gasteiger partial charge in [0.25, 0.3) is 0 Å². The van der Waals surface area contributed by atoms with Crippen LogP contribution in [0, 0.1) is 0 Å². The second-order valence-electron chi connectivity index (χ2n) is 3.11. The lowest BCUT2D eigenvalue weighted by Crippen LogP contribution is -2.33. The van der Waals surface area contributed by atoms with Gasteiger partial charge in [-0.15, -0.1) is 11.3 Å². The van der Waals surface area contributed by atoms with E-state index in [1.54, 1.807) is 11.3 Å². The van der Waals surface area contributed by atoms with E-state index in [1.807, 2.05) is 0 Å². The third-order valence-corrected chi connectivity index (χ3v) is 4.40. The summed E-state index contributed by atoms with van der Waals surface area (Å²) in [6, 6.07) is 2.45. The molecule has 0 saturated heterocycles. The van der Waals surface area contributed by atoms with Gasteiger partial charge in [-0.3, -0.25) is 4.90 Å². The maximum atomic E-state index is 5.83. The normalized spacial score (nSPS) is 13.5. The molecule has 0 radical (unpaired) electrons. The van der Waals surface area contributed by atoms with E-state index in [1.165, 1.54) is 9.35 Å². The Kier molecular flexibility index (Phi) is 5.09. The molecule has 1 heterocycles. The van der Waals surface area contributed by atoms with Crippen LogP contribution in [-0.2, 0) is 0 Å². The van der Waals surface area contributed by atoms with Crippen molar-refractivity contribution in [2.75, 3.05) is 19.6 Å². The fourth-order valence-corrected chi connectivity index (χ4v) is 3.41. The molecular weight excluding hydrogens is 260 g/mol. The van der Waals surface area contributed by atoms with Crippen molar-refractivity contribution >= 4 is 27.3 Å². The van der Waals surface area contributed by atoms with Gasteiger partial charge in [-0.25, -0.2) is 0 Å². The molecule has 14 heavy (non-hydrogen) atoms. The molecule has 1 aromatic rings. The molecule has 1 aromatic heterocycles. The summed E-state index contributed by atoms with van der Waals surface area (Å²) >= 11 is 5.34. The second-order valence-corrected chi connectivity index (χ2v) is 4.91. The van der Waals surface area contributed by atoms with Crippen LogP contribution in [0.2, 0.25) is 0 Å². The maximum Gasteiger partial charge on any atom is 0.0575 e. The average molecular weight is 277 g/mol. The van der Waals surface area contributed by atoms with Gasteiger partial charge in [-0.1, -0.05) is 13.8 Å². The van der Waals surface area contributed by atoms with E-state index in [-0.39, 0.29) is 0 Å². The van der Waals surface area contributed by atoms with Crippen molar-refractivity contribution in [1.82, 2.24) is 4.90 Å². The van der Waals surface area contributed by atoms with Gasteiger partial charge in [0.1, 0.15) is 0 Å². The zero-order valence-corrected chi connectivity index (χ0v) is 11.1. The Hall–Kier alpha value is 0.100. The first kappa shape index (κ1) is 12.2. The second kappa shape index (κ2) is 5.85. The minimum atomic E-state index is 0.361. The van der Waals surface area contributed by atoms with Crippen LogP contribution >= 0.6 is 27.3 Å². The maximum absolute atomic E-state index is 5.83. The third kappa shape index (κ3) is 2.57. The highest BCUT2D eigenvalue weighted by molar-refractivity contribution is 9.10. The number of halogens is 1. The number of hydrogen-bond donors (Lipinski definition) is 1. The summed E-state index contributed by atoms with van der Waals surface area (Å²) in [5.74, 6) is 0. The van der Waals surface area contributed by atoms with Crippen molar-refractivity contribution in [2.24, 2.45) is 5.73 Å². The van der Waals surface area contributed by atoms with Gasteiger partial charge in [0.2, 0.25) is 0 Å². The summed E-state index contributed by atoms with van der Waals surface area (Å²) in [7, 11) is 0. The van der Waals surface area contributed by atoms with Crippen LogP contribution in [0.1, 0.15) is 24.8 Å². The summed E-state index contributed by atoms with van der Waals surface area (Å²) in [5, 5.41) is 2.10. The van der Waals surface area contributed by atoms with Gasteiger partial charge in [0.05, 0.1) is 6.04 Å². The number of likely N-dealkylation sites (N-methyl/N-ethyl adjacent to an activating group) is 1. The summed E-state index contributed by atoms with van der Waals surface area (Å²) in [4.78, 5) is 3.73. The topological polar surface area (TPSA) is 29.3 Å². The minimum absolute atomic E-state index is 0.361. The fourth-order valence-electron chi connectivity index (χ4n) is 1.63. The highest BCUT2D eigenvalue weighted by Gasteiger charge is 2.19. The summed E-state index contributed by atoms with van der Waals surface area (Å²) in [5.41, 5.74) is 5.83. The molecule has 1 unspecified atom stereocenters. The lowest BCUT2D eigenvalue weighted by molar-refractivity contribution is 0.226. The van der Waals surface area contributed by atoms with Crippen LogP contribution in [0.4, 0.5) is 0 Å². The van der Waals surface area contributed by atoms with Gasteiger partial charge < -0.3 is 5.73 Å². The molecule has 4 heteroatoms. The Morgan fingerprint density at radius 2 is 2.14 bits per heavy atom. The molecule has 0 amide bonds. The Morgan fingerprint density at radius 1 is 1.50 bits per heavy atom. The number of nitrogens with zero attached hydrogens (tertiary/aromatic N) is 1. The third-order valence-electron chi connectivity index (χ3n) is 2.42. The van der Waals surface area contributed by atoms with E-state index < -0.39 is 0 Å². The first-order valence-electron chi connectivity index (χ1n) is 4.91. The zero-order chi connectivity index (χ0) is 10.6. The largest absolute Gasteiger partial charge is 0.329 e. The number of hydrogen-bond acceptors (Lipinski definition) is 3. The molecule has 0 aliphatic rings. The molecule has 2 nitrogen and oxygen atoms in total. The standard InChI is InChI=1S/C10H17BrN2S/c1-3-13(4-2)9(7-12)10-8(11)5-6-14-10/h5-6,9H,3-4,7,12H2,1-2H3. The predicted octanol–water partition coefficient (Wildman–Crippen LogP) is 2.85. The van der Waals surface area contributed by atoms with Crippen molar-refractivity contribution in [3.05, 3.63) is 20.8 Å². The van der Waals surface area contributed by atoms with Crippen molar-refractivity contribution in [3.8, 4) is 0 Å². The first-order valence-corrected chi connectivity index (χ1v) is 6.58. The van der Waals surface area contributed by atoms with E-state index in [0.717, 1.165) is 13.1 Å². The fraction of sp³-hybridized carbons (Fsp3) is 0.600. The van der Waals surface area contributed by atoms with Crippen LogP contribution in [0.25, 0.3) is 0 Å². The number of nitrogens with two attached hydrogens (primary N) is 1. The van der Waals surface area contributed by atoms with Crippen molar-refractivity contribution in [2.45, 2.75) is 19.9 Å². The number of rotatable bonds is 5. The van der Waals surface area contributed by atoms with Crippen molar-refractivity contribution < 1.29 is 0 Å². The van der Waals surface area contributed by atoms with Crippen LogP contribution in [0.5, 0.6) is 0 Å². The summed E-state index contributed by atoms with van der Waals surface area (Å²) in [6.07, 6.45) is 0. The van der Waals surface area contributed by atoms with Crippen molar-refractivity contribution in [1.29, 1.82) is 0 Å². The molecule has 80 valence electrons.